The van der Waals surface area contributed by atoms with Gasteiger partial charge in [-0.3, -0.25) is 14.4 Å². The number of hydrogen-bond donors (Lipinski definition) is 1. The van der Waals surface area contributed by atoms with Crippen molar-refractivity contribution in [1.82, 2.24) is 14.7 Å². The van der Waals surface area contributed by atoms with E-state index in [1.807, 2.05) is 29.2 Å². The van der Waals surface area contributed by atoms with E-state index in [4.69, 9.17) is 9.84 Å². The lowest BCUT2D eigenvalue weighted by atomic mass is 9.77. The molecule has 0 bridgehead atoms. The molecule has 5 atom stereocenters. The van der Waals surface area contributed by atoms with Gasteiger partial charge >= 0.3 is 0 Å². The number of carbonyl (C=O) groups excluding carboxylic acids is 3. The van der Waals surface area contributed by atoms with E-state index in [1.165, 1.54) is 0 Å². The van der Waals surface area contributed by atoms with Gasteiger partial charge in [0.15, 0.2) is 0 Å². The second kappa shape index (κ2) is 10.2. The number of likely N-dealkylation sites (tertiary alicyclic amines) is 1. The summed E-state index contributed by atoms with van der Waals surface area (Å²) in [6, 6.07) is -0.806. The zero-order valence-corrected chi connectivity index (χ0v) is 23.4. The van der Waals surface area contributed by atoms with Crippen LogP contribution in [0.25, 0.3) is 0 Å². The van der Waals surface area contributed by atoms with Crippen molar-refractivity contribution >= 4 is 17.7 Å². The Morgan fingerprint density at radius 1 is 0.973 bits per heavy atom. The Morgan fingerprint density at radius 2 is 1.68 bits per heavy atom. The van der Waals surface area contributed by atoms with Gasteiger partial charge in [-0.2, -0.15) is 0 Å². The number of carbonyl (C=O) groups is 3. The van der Waals surface area contributed by atoms with Gasteiger partial charge in [0.1, 0.15) is 11.6 Å². The first-order valence-electron chi connectivity index (χ1n) is 13.8. The summed E-state index contributed by atoms with van der Waals surface area (Å²) >= 11 is 0. The third-order valence-electron chi connectivity index (χ3n) is 8.36. The van der Waals surface area contributed by atoms with Gasteiger partial charge in [0.25, 0.3) is 0 Å². The maximum atomic E-state index is 14.5. The normalized spacial score (nSPS) is 32.0. The van der Waals surface area contributed by atoms with Crippen LogP contribution in [0.2, 0.25) is 0 Å². The average molecular weight is 516 g/mol. The van der Waals surface area contributed by atoms with Gasteiger partial charge < -0.3 is 24.5 Å². The van der Waals surface area contributed by atoms with Crippen molar-refractivity contribution in [2.45, 2.75) is 90.0 Å². The van der Waals surface area contributed by atoms with Gasteiger partial charge in [-0.15, -0.1) is 0 Å². The zero-order chi connectivity index (χ0) is 27.2. The monoisotopic (exact) mass is 515 g/mol. The van der Waals surface area contributed by atoms with Crippen LogP contribution < -0.4 is 0 Å². The highest BCUT2D eigenvalue weighted by Gasteiger charge is 2.72. The molecular weight excluding hydrogens is 470 g/mol. The average Bonchev–Trinajstić information content (AvgIpc) is 3.10. The van der Waals surface area contributed by atoms with Crippen LogP contribution in [0.5, 0.6) is 0 Å². The van der Waals surface area contributed by atoms with Gasteiger partial charge in [0.2, 0.25) is 17.7 Å². The number of amides is 3. The molecule has 0 saturated carbocycles. The first kappa shape index (κ1) is 27.8. The van der Waals surface area contributed by atoms with Crippen LogP contribution in [0, 0.1) is 17.3 Å². The van der Waals surface area contributed by atoms with Crippen LogP contribution >= 0.6 is 0 Å². The van der Waals surface area contributed by atoms with Crippen molar-refractivity contribution in [2.24, 2.45) is 17.3 Å². The van der Waals surface area contributed by atoms with Crippen molar-refractivity contribution in [3.63, 3.8) is 0 Å². The van der Waals surface area contributed by atoms with Crippen LogP contribution in [0.15, 0.2) is 24.3 Å². The molecule has 4 aliphatic rings. The molecule has 1 unspecified atom stereocenters. The number of aliphatic hydroxyl groups is 1. The smallest absolute Gasteiger partial charge is 0.249 e. The van der Waals surface area contributed by atoms with E-state index in [0.29, 0.717) is 19.6 Å². The van der Waals surface area contributed by atoms with Crippen LogP contribution in [0.3, 0.4) is 0 Å². The summed E-state index contributed by atoms with van der Waals surface area (Å²) < 4.78 is 6.67. The second-order valence-corrected chi connectivity index (χ2v) is 13.1. The largest absolute Gasteiger partial charge is 0.396 e. The lowest BCUT2D eigenvalue weighted by Gasteiger charge is -2.44. The van der Waals surface area contributed by atoms with E-state index in [-0.39, 0.29) is 29.7 Å². The molecule has 4 aliphatic heterocycles. The maximum absolute atomic E-state index is 14.5. The Morgan fingerprint density at radius 3 is 2.35 bits per heavy atom. The number of fused-ring (bicyclic) bond motifs is 2. The highest BCUT2D eigenvalue weighted by Crippen LogP contribution is 2.54. The van der Waals surface area contributed by atoms with Crippen molar-refractivity contribution in [2.75, 3.05) is 33.3 Å². The van der Waals surface area contributed by atoms with E-state index in [9.17, 15) is 14.4 Å². The molecule has 3 amide bonds. The molecule has 1 spiro atoms. The Bertz CT molecular complexity index is 967. The van der Waals surface area contributed by atoms with Gasteiger partial charge in [0.05, 0.1) is 17.9 Å². The Labute approximate surface area is 221 Å². The molecule has 8 heteroatoms. The molecular formula is C29H45N3O5. The van der Waals surface area contributed by atoms with Crippen LogP contribution in [0.4, 0.5) is 0 Å². The number of ether oxygens (including phenoxy) is 1. The fourth-order valence-electron chi connectivity index (χ4n) is 7.19. The van der Waals surface area contributed by atoms with Crippen molar-refractivity contribution in [3.8, 4) is 0 Å². The molecule has 2 fully saturated rings. The summed E-state index contributed by atoms with van der Waals surface area (Å²) in [6.07, 6.45) is 11.1. The predicted molar refractivity (Wildman–Crippen MR) is 141 cm³/mol. The van der Waals surface area contributed by atoms with E-state index in [0.717, 1.165) is 32.1 Å². The molecule has 0 radical (unpaired) electrons. The van der Waals surface area contributed by atoms with Crippen molar-refractivity contribution in [3.05, 3.63) is 24.3 Å². The zero-order valence-electron chi connectivity index (χ0n) is 23.4. The number of nitrogens with zero attached hydrogens (tertiary/aromatic N) is 3. The fraction of sp³-hybridized carbons (Fsp3) is 0.759. The first-order valence-corrected chi connectivity index (χ1v) is 13.8. The minimum Gasteiger partial charge on any atom is -0.396 e. The standard InChI is InChI=1S/C29H45N3O5/c1-27(2,3)19-28(4,5)32-17-12-14-29-22(21-20(37-29)13-11-15-30(6)24(21)34)25(35)31(23(29)26(32)36)16-9-7-8-10-18-33/h11-14,20-23,33H,7-10,15-19H2,1-6H3/t20-,21+,22-,23?,29-/m0/s1. The molecule has 206 valence electrons. The number of likely N-dealkylation sites (N-methyl/N-ethyl adjacent to an activating group) is 1. The Hall–Kier alpha value is -2.19. The van der Waals surface area contributed by atoms with Gasteiger partial charge in [-0.25, -0.2) is 0 Å². The number of rotatable bonds is 8. The summed E-state index contributed by atoms with van der Waals surface area (Å²) in [5.41, 5.74) is -1.59. The fourth-order valence-corrected chi connectivity index (χ4v) is 7.19. The van der Waals surface area contributed by atoms with E-state index in [1.54, 1.807) is 16.8 Å². The summed E-state index contributed by atoms with van der Waals surface area (Å²) in [7, 11) is 1.75. The van der Waals surface area contributed by atoms with Crippen molar-refractivity contribution < 1.29 is 24.2 Å². The third-order valence-corrected chi connectivity index (χ3v) is 8.36. The highest BCUT2D eigenvalue weighted by atomic mass is 16.5. The molecule has 37 heavy (non-hydrogen) atoms. The molecule has 0 aliphatic carbocycles. The second-order valence-electron chi connectivity index (χ2n) is 13.1. The first-order chi connectivity index (χ1) is 17.3. The SMILES string of the molecule is CN1CC=C[C@@H]2O[C@]34C=CCN(C(C)(C)CC(C)(C)C)C(=O)C3N(CCCCCCO)C(=O)[C@@H]4[C@@H]2C1=O. The number of aliphatic hydroxyl groups excluding tert-OH is 1. The van der Waals surface area contributed by atoms with Crippen LogP contribution in [0.1, 0.15) is 66.7 Å². The highest BCUT2D eigenvalue weighted by molar-refractivity contribution is 6.00. The molecule has 0 aromatic carbocycles. The van der Waals surface area contributed by atoms with Crippen molar-refractivity contribution in [1.29, 1.82) is 0 Å². The molecule has 0 aromatic rings. The molecule has 8 nitrogen and oxygen atoms in total. The van der Waals surface area contributed by atoms with E-state index < -0.39 is 35.1 Å². The predicted octanol–water partition coefficient (Wildman–Crippen LogP) is 2.76. The lowest BCUT2D eigenvalue weighted by molar-refractivity contribution is -0.152. The van der Waals surface area contributed by atoms with Gasteiger partial charge in [-0.1, -0.05) is 57.9 Å². The molecule has 4 heterocycles. The minimum absolute atomic E-state index is 0.0107. The molecule has 0 aromatic heterocycles. The number of unbranched alkanes of at least 4 members (excludes halogenated alkanes) is 3. The molecule has 1 N–H and O–H groups in total. The number of hydrogen-bond acceptors (Lipinski definition) is 5. The lowest BCUT2D eigenvalue weighted by Crippen LogP contribution is -2.59. The molecule has 2 saturated heterocycles. The van der Waals surface area contributed by atoms with Crippen LogP contribution in [-0.2, 0) is 19.1 Å². The molecule has 4 rings (SSSR count). The maximum Gasteiger partial charge on any atom is 0.249 e. The van der Waals surface area contributed by atoms with Crippen LogP contribution in [-0.4, -0.2) is 94.1 Å². The Balaban J connectivity index is 1.73. The van der Waals surface area contributed by atoms with Gasteiger partial charge in [0, 0.05) is 38.8 Å². The topological polar surface area (TPSA) is 90.4 Å². The summed E-state index contributed by atoms with van der Waals surface area (Å²) in [5, 5.41) is 9.13. The summed E-state index contributed by atoms with van der Waals surface area (Å²) in [4.78, 5) is 47.3. The Kier molecular flexibility index (Phi) is 7.65. The quantitative estimate of drug-likeness (QED) is 0.397. The third kappa shape index (κ3) is 4.99. The minimum atomic E-state index is -1.17. The van der Waals surface area contributed by atoms with E-state index in [2.05, 4.69) is 34.6 Å². The van der Waals surface area contributed by atoms with Gasteiger partial charge in [-0.05, 0) is 38.5 Å². The summed E-state index contributed by atoms with van der Waals surface area (Å²) in [5.74, 6) is -1.76. The van der Waals surface area contributed by atoms with E-state index >= 15 is 0 Å². The summed E-state index contributed by atoms with van der Waals surface area (Å²) in [6.45, 7) is 12.2.